The highest BCUT2D eigenvalue weighted by molar-refractivity contribution is 6.32. The lowest BCUT2D eigenvalue weighted by molar-refractivity contribution is 0.110. The molecule has 25 heavy (non-hydrogen) atoms. The van der Waals surface area contributed by atoms with Gasteiger partial charge in [-0.3, -0.25) is 4.79 Å². The van der Waals surface area contributed by atoms with E-state index in [9.17, 15) is 4.79 Å². The first-order valence-electron chi connectivity index (χ1n) is 8.09. The summed E-state index contributed by atoms with van der Waals surface area (Å²) in [6.07, 6.45) is 0.736. The van der Waals surface area contributed by atoms with Crippen LogP contribution in [0.4, 0.5) is 0 Å². The van der Waals surface area contributed by atoms with Crippen LogP contribution in [0.2, 0.25) is 5.02 Å². The van der Waals surface area contributed by atoms with E-state index in [-0.39, 0.29) is 0 Å². The third-order valence-electron chi connectivity index (χ3n) is 3.85. The Kier molecular flexibility index (Phi) is 5.36. The Morgan fingerprint density at radius 1 is 1.24 bits per heavy atom. The van der Waals surface area contributed by atoms with E-state index in [1.807, 2.05) is 48.7 Å². The van der Waals surface area contributed by atoms with Crippen LogP contribution in [-0.2, 0) is 11.3 Å². The summed E-state index contributed by atoms with van der Waals surface area (Å²) >= 11 is 6.33. The van der Waals surface area contributed by atoms with Crippen LogP contribution in [0.15, 0.2) is 36.4 Å². The summed E-state index contributed by atoms with van der Waals surface area (Å²) in [6, 6.07) is 11.2. The van der Waals surface area contributed by atoms with Crippen molar-refractivity contribution in [3.8, 4) is 11.5 Å². The van der Waals surface area contributed by atoms with Gasteiger partial charge in [0.25, 0.3) is 0 Å². The van der Waals surface area contributed by atoms with Crippen molar-refractivity contribution in [1.29, 1.82) is 0 Å². The molecule has 0 amide bonds. The van der Waals surface area contributed by atoms with Gasteiger partial charge in [0.2, 0.25) is 0 Å². The van der Waals surface area contributed by atoms with Gasteiger partial charge in [0.05, 0.1) is 22.7 Å². The standard InChI is InChI=1S/C19H19ClN2O3/c1-3-24-9-8-22-17-11-18(25-14-6-4-13(2)5-7-14)15(20)10-16(17)21-19(22)12-23/h4-7,10-12H,3,8-9H2,1-2H3. The fourth-order valence-electron chi connectivity index (χ4n) is 2.58. The Balaban J connectivity index is 1.98. The summed E-state index contributed by atoms with van der Waals surface area (Å²) < 4.78 is 13.1. The highest BCUT2D eigenvalue weighted by Gasteiger charge is 2.14. The number of benzene rings is 2. The first-order chi connectivity index (χ1) is 12.1. The van der Waals surface area contributed by atoms with Gasteiger partial charge < -0.3 is 14.0 Å². The number of rotatable bonds is 7. The molecule has 0 unspecified atom stereocenters. The number of aromatic nitrogens is 2. The molecule has 0 saturated heterocycles. The van der Waals surface area contributed by atoms with E-state index in [0.717, 1.165) is 17.4 Å². The molecule has 0 aliphatic carbocycles. The summed E-state index contributed by atoms with van der Waals surface area (Å²) in [7, 11) is 0. The predicted molar refractivity (Wildman–Crippen MR) is 97.9 cm³/mol. The zero-order valence-corrected chi connectivity index (χ0v) is 14.9. The van der Waals surface area contributed by atoms with Gasteiger partial charge in [-0.25, -0.2) is 4.98 Å². The third-order valence-corrected chi connectivity index (χ3v) is 4.14. The minimum Gasteiger partial charge on any atom is -0.456 e. The number of hydrogen-bond donors (Lipinski definition) is 0. The topological polar surface area (TPSA) is 53.4 Å². The molecular formula is C19H19ClN2O3. The van der Waals surface area contributed by atoms with Crippen LogP contribution < -0.4 is 4.74 Å². The van der Waals surface area contributed by atoms with E-state index in [1.165, 1.54) is 0 Å². The number of aryl methyl sites for hydroxylation is 1. The molecule has 0 spiro atoms. The fourth-order valence-corrected chi connectivity index (χ4v) is 2.78. The molecule has 0 bridgehead atoms. The van der Waals surface area contributed by atoms with E-state index >= 15 is 0 Å². The molecule has 0 saturated carbocycles. The van der Waals surface area contributed by atoms with Crippen LogP contribution in [0.1, 0.15) is 23.1 Å². The van der Waals surface area contributed by atoms with Crippen molar-refractivity contribution < 1.29 is 14.3 Å². The van der Waals surface area contributed by atoms with Crippen molar-refractivity contribution in [2.45, 2.75) is 20.4 Å². The minimum atomic E-state index is 0.346. The maximum Gasteiger partial charge on any atom is 0.185 e. The summed E-state index contributed by atoms with van der Waals surface area (Å²) in [5.41, 5.74) is 2.59. The second kappa shape index (κ2) is 7.68. The largest absolute Gasteiger partial charge is 0.456 e. The quantitative estimate of drug-likeness (QED) is 0.456. The molecule has 0 aliphatic rings. The number of imidazole rings is 1. The monoisotopic (exact) mass is 358 g/mol. The van der Waals surface area contributed by atoms with Gasteiger partial charge in [0.15, 0.2) is 12.1 Å². The average molecular weight is 359 g/mol. The van der Waals surface area contributed by atoms with Crippen LogP contribution in [0.25, 0.3) is 11.0 Å². The van der Waals surface area contributed by atoms with Crippen molar-refractivity contribution >= 4 is 28.9 Å². The van der Waals surface area contributed by atoms with Gasteiger partial charge in [-0.15, -0.1) is 0 Å². The second-order valence-corrected chi connectivity index (χ2v) is 6.03. The smallest absolute Gasteiger partial charge is 0.185 e. The summed E-state index contributed by atoms with van der Waals surface area (Å²) in [6.45, 7) is 5.60. The van der Waals surface area contributed by atoms with Gasteiger partial charge in [0.1, 0.15) is 11.5 Å². The van der Waals surface area contributed by atoms with Gasteiger partial charge in [-0.2, -0.15) is 0 Å². The maximum absolute atomic E-state index is 11.3. The molecule has 130 valence electrons. The third kappa shape index (κ3) is 3.83. The SMILES string of the molecule is CCOCCn1c(C=O)nc2cc(Cl)c(Oc3ccc(C)cc3)cc21. The van der Waals surface area contributed by atoms with Crippen LogP contribution in [0, 0.1) is 6.92 Å². The number of carbonyl (C=O) groups is 1. The highest BCUT2D eigenvalue weighted by atomic mass is 35.5. The molecule has 0 aliphatic heterocycles. The minimum absolute atomic E-state index is 0.346. The molecule has 1 heterocycles. The normalized spacial score (nSPS) is 11.0. The number of aldehydes is 1. The van der Waals surface area contributed by atoms with E-state index in [2.05, 4.69) is 4.98 Å². The Bertz CT molecular complexity index is 888. The second-order valence-electron chi connectivity index (χ2n) is 5.62. The summed E-state index contributed by atoms with van der Waals surface area (Å²) in [4.78, 5) is 15.7. The number of fused-ring (bicyclic) bond motifs is 1. The Morgan fingerprint density at radius 2 is 2.00 bits per heavy atom. The number of ether oxygens (including phenoxy) is 2. The van der Waals surface area contributed by atoms with Crippen LogP contribution in [0.5, 0.6) is 11.5 Å². The molecule has 3 rings (SSSR count). The zero-order valence-electron chi connectivity index (χ0n) is 14.2. The van der Waals surface area contributed by atoms with Crippen LogP contribution in [-0.4, -0.2) is 29.1 Å². The Morgan fingerprint density at radius 3 is 2.68 bits per heavy atom. The maximum atomic E-state index is 11.3. The first-order valence-corrected chi connectivity index (χ1v) is 8.47. The fraction of sp³-hybridized carbons (Fsp3) is 0.263. The number of nitrogens with zero attached hydrogens (tertiary/aromatic N) is 2. The zero-order chi connectivity index (χ0) is 17.8. The van der Waals surface area contributed by atoms with E-state index in [4.69, 9.17) is 21.1 Å². The first kappa shape index (κ1) is 17.5. The predicted octanol–water partition coefficient (Wildman–Crippen LogP) is 4.64. The highest BCUT2D eigenvalue weighted by Crippen LogP contribution is 2.33. The number of halogens is 1. The number of hydrogen-bond acceptors (Lipinski definition) is 4. The van der Waals surface area contributed by atoms with Gasteiger partial charge in [0, 0.05) is 19.2 Å². The number of carbonyl (C=O) groups excluding carboxylic acids is 1. The molecule has 0 radical (unpaired) electrons. The van der Waals surface area contributed by atoms with E-state index in [0.29, 0.717) is 47.6 Å². The summed E-state index contributed by atoms with van der Waals surface area (Å²) in [5.74, 6) is 1.56. The molecule has 6 heteroatoms. The lowest BCUT2D eigenvalue weighted by Crippen LogP contribution is -2.09. The van der Waals surface area contributed by atoms with E-state index < -0.39 is 0 Å². The molecule has 0 fully saturated rings. The van der Waals surface area contributed by atoms with Gasteiger partial charge >= 0.3 is 0 Å². The lowest BCUT2D eigenvalue weighted by atomic mass is 10.2. The Labute approximate surface area is 151 Å². The van der Waals surface area contributed by atoms with Crippen molar-refractivity contribution in [3.05, 3.63) is 52.8 Å². The van der Waals surface area contributed by atoms with Crippen molar-refractivity contribution in [2.75, 3.05) is 13.2 Å². The lowest BCUT2D eigenvalue weighted by Gasteiger charge is -2.10. The Hall–Kier alpha value is -2.37. The molecule has 5 nitrogen and oxygen atoms in total. The summed E-state index contributed by atoms with van der Waals surface area (Å²) in [5, 5.41) is 0.444. The molecule has 0 N–H and O–H groups in total. The van der Waals surface area contributed by atoms with Gasteiger partial charge in [-0.05, 0) is 32.0 Å². The average Bonchev–Trinajstić information content (AvgIpc) is 2.94. The van der Waals surface area contributed by atoms with Crippen molar-refractivity contribution in [3.63, 3.8) is 0 Å². The molecule has 2 aromatic carbocycles. The van der Waals surface area contributed by atoms with Crippen LogP contribution in [0.3, 0.4) is 0 Å². The van der Waals surface area contributed by atoms with Crippen LogP contribution >= 0.6 is 11.6 Å². The van der Waals surface area contributed by atoms with E-state index in [1.54, 1.807) is 6.07 Å². The van der Waals surface area contributed by atoms with Gasteiger partial charge in [-0.1, -0.05) is 29.3 Å². The van der Waals surface area contributed by atoms with Crippen molar-refractivity contribution in [2.24, 2.45) is 0 Å². The molecule has 1 aromatic heterocycles. The molecular weight excluding hydrogens is 340 g/mol. The van der Waals surface area contributed by atoms with Crippen molar-refractivity contribution in [1.82, 2.24) is 9.55 Å². The molecule has 3 aromatic rings. The molecule has 0 atom stereocenters.